The minimum atomic E-state index is 1.17. The summed E-state index contributed by atoms with van der Waals surface area (Å²) in [6, 6.07) is 0. The third kappa shape index (κ3) is 102. The molecule has 0 saturated heterocycles. The Kier molecular flexibility index (Phi) is 129. The Labute approximate surface area is 142 Å². The summed E-state index contributed by atoms with van der Waals surface area (Å²) in [4.78, 5) is 0. The number of hydrogen-bond acceptors (Lipinski definition) is 0. The monoisotopic (exact) mass is 320 g/mol. The van der Waals surface area contributed by atoms with Crippen LogP contribution in [-0.2, 0) is 0 Å². The van der Waals surface area contributed by atoms with Gasteiger partial charge < -0.3 is 0 Å². The smallest absolute Gasteiger partial charge is 0.0285 e. The molecule has 1 unspecified atom stereocenters. The van der Waals surface area contributed by atoms with Crippen LogP contribution >= 0.6 is 9.24 Å². The maximum atomic E-state index is 3.68. The van der Waals surface area contributed by atoms with Gasteiger partial charge >= 0.3 is 0 Å². The van der Waals surface area contributed by atoms with E-state index in [9.17, 15) is 0 Å². The van der Waals surface area contributed by atoms with Crippen molar-refractivity contribution in [1.82, 2.24) is 0 Å². The van der Waals surface area contributed by atoms with Gasteiger partial charge in [0.05, 0.1) is 0 Å². The van der Waals surface area contributed by atoms with E-state index in [1.54, 1.807) is 0 Å². The molecule has 0 fully saturated rings. The molecule has 0 aromatic heterocycles. The van der Waals surface area contributed by atoms with Crippen molar-refractivity contribution in [2.45, 2.75) is 102 Å². The molecular weight excluding hydrogens is 271 g/mol. The minimum Gasteiger partial charge on any atom is -0.138 e. The van der Waals surface area contributed by atoms with Crippen LogP contribution in [0.4, 0.5) is 0 Å². The molecule has 0 aliphatic heterocycles. The molecule has 0 aromatic rings. The van der Waals surface area contributed by atoms with E-state index in [2.05, 4.69) is 49.6 Å². The molecule has 0 bridgehead atoms. The SMILES string of the molecule is C=C/C(=C/C)CCC.CC.CC.CC.CCC.CCCP. The van der Waals surface area contributed by atoms with Crippen LogP contribution in [-0.4, -0.2) is 6.16 Å². The van der Waals surface area contributed by atoms with Crippen LogP contribution in [0.3, 0.4) is 0 Å². The van der Waals surface area contributed by atoms with E-state index >= 15 is 0 Å². The van der Waals surface area contributed by atoms with Gasteiger partial charge in [0.1, 0.15) is 0 Å². The first-order valence-electron chi connectivity index (χ1n) is 9.15. The predicted molar refractivity (Wildman–Crippen MR) is 114 cm³/mol. The molecule has 0 saturated carbocycles. The second-order valence-electron chi connectivity index (χ2n) is 3.31. The lowest BCUT2D eigenvalue weighted by molar-refractivity contribution is 0.925. The lowest BCUT2D eigenvalue weighted by atomic mass is 10.1. The van der Waals surface area contributed by atoms with Gasteiger partial charge in [-0.25, -0.2) is 0 Å². The lowest BCUT2D eigenvalue weighted by Gasteiger charge is -1.93. The van der Waals surface area contributed by atoms with E-state index in [1.807, 2.05) is 54.5 Å². The standard InChI is InChI=1S/C8H14.C3H9P.C3H8.3C2H6/c1-4-7-8(5-2)6-3;1-2-3-4;1-3-2;3*1-2/h5-6H,2,4,7H2,1,3H3;2-4H2,1H3;3H2,1-2H3;3*1-2H3/b8-6-;;;;;. The van der Waals surface area contributed by atoms with Gasteiger partial charge in [-0.1, -0.05) is 113 Å². The summed E-state index contributed by atoms with van der Waals surface area (Å²) in [5.41, 5.74) is 1.35. The van der Waals surface area contributed by atoms with Gasteiger partial charge in [-0.3, -0.25) is 0 Å². The summed E-state index contributed by atoms with van der Waals surface area (Å²) >= 11 is 0. The van der Waals surface area contributed by atoms with Gasteiger partial charge in [0.2, 0.25) is 0 Å². The van der Waals surface area contributed by atoms with Crippen LogP contribution < -0.4 is 0 Å². The molecule has 134 valence electrons. The highest BCUT2D eigenvalue weighted by Gasteiger charge is 1.83. The third-order valence-electron chi connectivity index (χ3n) is 1.46. The Morgan fingerprint density at radius 1 is 0.857 bits per heavy atom. The van der Waals surface area contributed by atoms with Crippen LogP contribution in [0.2, 0.25) is 0 Å². The Bertz CT molecular complexity index is 124. The fourth-order valence-electron chi connectivity index (χ4n) is 0.653. The number of hydrogen-bond donors (Lipinski definition) is 0. The molecule has 1 atom stereocenters. The van der Waals surface area contributed by atoms with Gasteiger partial charge in [0.25, 0.3) is 0 Å². The molecule has 0 radical (unpaired) electrons. The summed E-state index contributed by atoms with van der Waals surface area (Å²) in [6.07, 6.45) is 10.2. The Balaban J connectivity index is -0.0000000369. The van der Waals surface area contributed by atoms with E-state index in [0.29, 0.717) is 0 Å². The third-order valence-corrected chi connectivity index (χ3v) is 2.04. The molecule has 0 nitrogen and oxygen atoms in total. The molecule has 0 aliphatic rings. The molecular formula is C20H49P. The summed E-state index contributed by atoms with van der Waals surface area (Å²) < 4.78 is 0. The van der Waals surface area contributed by atoms with Gasteiger partial charge in [0.15, 0.2) is 0 Å². The molecule has 0 amide bonds. The second kappa shape index (κ2) is 72.5. The zero-order chi connectivity index (χ0) is 18.5. The van der Waals surface area contributed by atoms with Crippen molar-refractivity contribution >= 4 is 9.24 Å². The quantitative estimate of drug-likeness (QED) is 0.359. The highest BCUT2D eigenvalue weighted by atomic mass is 31.0. The molecule has 0 aliphatic carbocycles. The summed E-state index contributed by atoms with van der Waals surface area (Å²) in [7, 11) is 2.66. The van der Waals surface area contributed by atoms with Gasteiger partial charge in [0, 0.05) is 0 Å². The van der Waals surface area contributed by atoms with E-state index < -0.39 is 0 Å². The van der Waals surface area contributed by atoms with Crippen molar-refractivity contribution in [2.24, 2.45) is 0 Å². The largest absolute Gasteiger partial charge is 0.138 e. The predicted octanol–water partition coefficient (Wildman–Crippen LogP) is 8.69. The van der Waals surface area contributed by atoms with Gasteiger partial charge in [-0.2, -0.15) is 0 Å². The van der Waals surface area contributed by atoms with Crippen molar-refractivity contribution in [2.75, 3.05) is 6.16 Å². The number of allylic oxidation sites excluding steroid dienone is 3. The topological polar surface area (TPSA) is 0 Å². The second-order valence-corrected chi connectivity index (χ2v) is 3.89. The normalized spacial score (nSPS) is 7.52. The zero-order valence-corrected chi connectivity index (χ0v) is 18.6. The highest BCUT2D eigenvalue weighted by molar-refractivity contribution is 7.16. The van der Waals surface area contributed by atoms with Gasteiger partial charge in [-0.15, -0.1) is 9.24 Å². The maximum Gasteiger partial charge on any atom is -0.0285 e. The first-order valence-corrected chi connectivity index (χ1v) is 9.97. The van der Waals surface area contributed by atoms with Crippen LogP contribution in [0, 0.1) is 0 Å². The molecule has 21 heavy (non-hydrogen) atoms. The molecule has 0 rings (SSSR count). The Morgan fingerprint density at radius 2 is 1.14 bits per heavy atom. The zero-order valence-electron chi connectivity index (χ0n) is 17.5. The maximum absolute atomic E-state index is 3.68. The van der Waals surface area contributed by atoms with Gasteiger partial charge in [-0.05, 0) is 19.5 Å². The number of rotatable bonds is 4. The first-order chi connectivity index (χ1) is 10.2. The average Bonchev–Trinajstić information content (AvgIpc) is 2.59. The van der Waals surface area contributed by atoms with Crippen molar-refractivity contribution in [3.05, 3.63) is 24.3 Å². The van der Waals surface area contributed by atoms with Crippen LogP contribution in [0.1, 0.15) is 102 Å². The Morgan fingerprint density at radius 3 is 1.19 bits per heavy atom. The lowest BCUT2D eigenvalue weighted by Crippen LogP contribution is -1.73. The fourth-order valence-corrected chi connectivity index (χ4v) is 0.653. The summed E-state index contributed by atoms with van der Waals surface area (Å²) in [6.45, 7) is 26.3. The van der Waals surface area contributed by atoms with Crippen LogP contribution in [0.25, 0.3) is 0 Å². The van der Waals surface area contributed by atoms with E-state index in [1.165, 1.54) is 37.4 Å². The van der Waals surface area contributed by atoms with Crippen LogP contribution in [0.15, 0.2) is 24.3 Å². The van der Waals surface area contributed by atoms with Crippen molar-refractivity contribution in [3.63, 3.8) is 0 Å². The Hall–Kier alpha value is -0.0900. The van der Waals surface area contributed by atoms with Crippen molar-refractivity contribution in [1.29, 1.82) is 0 Å². The van der Waals surface area contributed by atoms with E-state index in [4.69, 9.17) is 0 Å². The molecule has 0 N–H and O–H groups in total. The molecule has 0 heterocycles. The summed E-state index contributed by atoms with van der Waals surface area (Å²) in [5, 5.41) is 0. The van der Waals surface area contributed by atoms with Crippen molar-refractivity contribution in [3.8, 4) is 0 Å². The van der Waals surface area contributed by atoms with E-state index in [-0.39, 0.29) is 0 Å². The van der Waals surface area contributed by atoms with Crippen LogP contribution in [0.5, 0.6) is 0 Å². The summed E-state index contributed by atoms with van der Waals surface area (Å²) in [5.74, 6) is 0. The molecule has 0 spiro atoms. The van der Waals surface area contributed by atoms with Crippen molar-refractivity contribution < 1.29 is 0 Å². The fraction of sp³-hybridized carbons (Fsp3) is 0.800. The average molecular weight is 321 g/mol. The van der Waals surface area contributed by atoms with E-state index in [0.717, 1.165) is 0 Å². The first kappa shape index (κ1) is 37.3. The minimum absolute atomic E-state index is 1.17. The molecule has 0 aromatic carbocycles. The molecule has 1 heteroatoms. The highest BCUT2D eigenvalue weighted by Crippen LogP contribution is 2.03.